The number of carbonyl (C=O) groups is 1. The lowest BCUT2D eigenvalue weighted by Gasteiger charge is -2.15. The first-order valence-electron chi connectivity index (χ1n) is 6.55. The smallest absolute Gasteiger partial charge is 0.255 e. The third-order valence-corrected chi connectivity index (χ3v) is 3.81. The van der Waals surface area contributed by atoms with Crippen LogP contribution >= 0.6 is 15.9 Å². The van der Waals surface area contributed by atoms with Gasteiger partial charge >= 0.3 is 0 Å². The molecule has 5 heteroatoms. The molecule has 1 heterocycles. The quantitative estimate of drug-likeness (QED) is 0.902. The molecule has 1 aromatic carbocycles. The van der Waals surface area contributed by atoms with Gasteiger partial charge in [0.25, 0.3) is 5.91 Å². The molecular formula is C14H19BrN2O2. The van der Waals surface area contributed by atoms with Crippen LogP contribution < -0.4 is 10.1 Å². The molecule has 0 bridgehead atoms. The second-order valence-electron chi connectivity index (χ2n) is 4.65. The van der Waals surface area contributed by atoms with Crippen LogP contribution in [0.1, 0.15) is 23.2 Å². The van der Waals surface area contributed by atoms with E-state index in [1.807, 2.05) is 6.07 Å². The maximum atomic E-state index is 12.1. The maximum absolute atomic E-state index is 12.1. The topological polar surface area (TPSA) is 41.6 Å². The van der Waals surface area contributed by atoms with Crippen molar-refractivity contribution in [2.24, 2.45) is 0 Å². The molecule has 2 rings (SSSR count). The van der Waals surface area contributed by atoms with Crippen LogP contribution in [0.3, 0.4) is 0 Å². The summed E-state index contributed by atoms with van der Waals surface area (Å²) in [6.07, 6.45) is 2.54. The molecule has 0 saturated carbocycles. The molecule has 0 atom stereocenters. The summed E-state index contributed by atoms with van der Waals surface area (Å²) in [4.78, 5) is 14.5. The molecular weight excluding hydrogens is 308 g/mol. The Labute approximate surface area is 122 Å². The summed E-state index contributed by atoms with van der Waals surface area (Å²) >= 11 is 3.37. The molecule has 0 aliphatic carbocycles. The number of benzene rings is 1. The largest absolute Gasteiger partial charge is 0.496 e. The Morgan fingerprint density at radius 3 is 2.84 bits per heavy atom. The van der Waals surface area contributed by atoms with Crippen LogP contribution in [-0.2, 0) is 0 Å². The van der Waals surface area contributed by atoms with Crippen molar-refractivity contribution in [2.75, 3.05) is 33.3 Å². The van der Waals surface area contributed by atoms with E-state index in [2.05, 4.69) is 26.1 Å². The van der Waals surface area contributed by atoms with Crippen molar-refractivity contribution < 1.29 is 9.53 Å². The van der Waals surface area contributed by atoms with Gasteiger partial charge in [0, 0.05) is 17.6 Å². The van der Waals surface area contributed by atoms with E-state index in [1.165, 1.54) is 12.8 Å². The lowest BCUT2D eigenvalue weighted by molar-refractivity contribution is 0.0946. The Morgan fingerprint density at radius 2 is 2.16 bits per heavy atom. The molecule has 0 radical (unpaired) electrons. The fourth-order valence-electron chi connectivity index (χ4n) is 2.28. The van der Waals surface area contributed by atoms with Crippen LogP contribution in [0.2, 0.25) is 0 Å². The van der Waals surface area contributed by atoms with E-state index in [1.54, 1.807) is 19.2 Å². The summed E-state index contributed by atoms with van der Waals surface area (Å²) in [6, 6.07) is 5.42. The molecule has 0 aromatic heterocycles. The van der Waals surface area contributed by atoms with Crippen molar-refractivity contribution in [3.8, 4) is 5.75 Å². The first kappa shape index (κ1) is 14.3. The Balaban J connectivity index is 1.88. The maximum Gasteiger partial charge on any atom is 0.255 e. The lowest BCUT2D eigenvalue weighted by atomic mass is 10.2. The number of halogens is 1. The van der Waals surface area contributed by atoms with E-state index in [-0.39, 0.29) is 5.91 Å². The van der Waals surface area contributed by atoms with Crippen LogP contribution in [0.4, 0.5) is 0 Å². The molecule has 4 nitrogen and oxygen atoms in total. The van der Waals surface area contributed by atoms with Crippen molar-refractivity contribution in [1.82, 2.24) is 10.2 Å². The highest BCUT2D eigenvalue weighted by Crippen LogP contribution is 2.23. The van der Waals surface area contributed by atoms with Gasteiger partial charge in [0.05, 0.1) is 12.7 Å². The van der Waals surface area contributed by atoms with Gasteiger partial charge in [-0.05, 0) is 44.1 Å². The predicted octanol–water partition coefficient (Wildman–Crippen LogP) is 2.28. The van der Waals surface area contributed by atoms with E-state index >= 15 is 0 Å². The molecule has 19 heavy (non-hydrogen) atoms. The summed E-state index contributed by atoms with van der Waals surface area (Å²) in [7, 11) is 1.57. The SMILES string of the molecule is COc1cc(Br)ccc1C(=O)NCCN1CCCC1. The van der Waals surface area contributed by atoms with Gasteiger partial charge in [-0.1, -0.05) is 15.9 Å². The fourth-order valence-corrected chi connectivity index (χ4v) is 2.62. The van der Waals surface area contributed by atoms with Gasteiger partial charge in [0.1, 0.15) is 5.75 Å². The summed E-state index contributed by atoms with van der Waals surface area (Å²) < 4.78 is 6.13. The van der Waals surface area contributed by atoms with Crippen LogP contribution in [-0.4, -0.2) is 44.1 Å². The van der Waals surface area contributed by atoms with Gasteiger partial charge in [0.15, 0.2) is 0 Å². The molecule has 1 aliphatic heterocycles. The van der Waals surface area contributed by atoms with Crippen molar-refractivity contribution in [1.29, 1.82) is 0 Å². The summed E-state index contributed by atoms with van der Waals surface area (Å²) in [5.41, 5.74) is 0.576. The second-order valence-corrected chi connectivity index (χ2v) is 5.56. The van der Waals surface area contributed by atoms with Gasteiger partial charge < -0.3 is 15.0 Å². The van der Waals surface area contributed by atoms with E-state index in [9.17, 15) is 4.79 Å². The van der Waals surface area contributed by atoms with Gasteiger partial charge in [0.2, 0.25) is 0 Å². The third kappa shape index (κ3) is 3.94. The van der Waals surface area contributed by atoms with Crippen LogP contribution in [0, 0.1) is 0 Å². The minimum atomic E-state index is -0.0800. The number of nitrogens with one attached hydrogen (secondary N) is 1. The first-order chi connectivity index (χ1) is 9.20. The normalized spacial score (nSPS) is 15.5. The zero-order valence-corrected chi connectivity index (χ0v) is 12.7. The molecule has 1 fully saturated rings. The lowest BCUT2D eigenvalue weighted by Crippen LogP contribution is -2.33. The summed E-state index contributed by atoms with van der Waals surface area (Å²) in [5, 5.41) is 2.94. The average Bonchev–Trinajstić information content (AvgIpc) is 2.91. The fraction of sp³-hybridized carbons (Fsp3) is 0.500. The first-order valence-corrected chi connectivity index (χ1v) is 7.34. The molecule has 0 spiro atoms. The number of nitrogens with zero attached hydrogens (tertiary/aromatic N) is 1. The minimum absolute atomic E-state index is 0.0800. The van der Waals surface area contributed by atoms with Gasteiger partial charge in [-0.15, -0.1) is 0 Å². The van der Waals surface area contributed by atoms with Gasteiger partial charge in [-0.25, -0.2) is 0 Å². The van der Waals surface area contributed by atoms with Gasteiger partial charge in [-0.2, -0.15) is 0 Å². The molecule has 104 valence electrons. The Kier molecular flexibility index (Phi) is 5.22. The number of hydrogen-bond acceptors (Lipinski definition) is 3. The monoisotopic (exact) mass is 326 g/mol. The standard InChI is InChI=1S/C14H19BrN2O2/c1-19-13-10-11(15)4-5-12(13)14(18)16-6-9-17-7-2-3-8-17/h4-5,10H,2-3,6-9H2,1H3,(H,16,18). The molecule has 1 saturated heterocycles. The zero-order chi connectivity index (χ0) is 13.7. The number of likely N-dealkylation sites (tertiary alicyclic amines) is 1. The highest BCUT2D eigenvalue weighted by atomic mass is 79.9. The average molecular weight is 327 g/mol. The minimum Gasteiger partial charge on any atom is -0.496 e. The van der Waals surface area contributed by atoms with Crippen LogP contribution in [0.15, 0.2) is 22.7 Å². The van der Waals surface area contributed by atoms with Gasteiger partial charge in [-0.3, -0.25) is 4.79 Å². The second kappa shape index (κ2) is 6.91. The summed E-state index contributed by atoms with van der Waals surface area (Å²) in [5.74, 6) is 0.511. The zero-order valence-electron chi connectivity index (χ0n) is 11.1. The van der Waals surface area contributed by atoms with Crippen molar-refractivity contribution in [3.63, 3.8) is 0 Å². The number of ether oxygens (including phenoxy) is 1. The molecule has 1 N–H and O–H groups in total. The van der Waals surface area contributed by atoms with E-state index in [0.29, 0.717) is 17.9 Å². The van der Waals surface area contributed by atoms with E-state index < -0.39 is 0 Å². The molecule has 1 aliphatic rings. The highest BCUT2D eigenvalue weighted by Gasteiger charge is 2.14. The molecule has 1 aromatic rings. The predicted molar refractivity (Wildman–Crippen MR) is 78.7 cm³/mol. The van der Waals surface area contributed by atoms with Crippen LogP contribution in [0.5, 0.6) is 5.75 Å². The highest BCUT2D eigenvalue weighted by molar-refractivity contribution is 9.10. The molecule has 1 amide bonds. The molecule has 0 unspecified atom stereocenters. The van der Waals surface area contributed by atoms with Crippen molar-refractivity contribution in [3.05, 3.63) is 28.2 Å². The number of hydrogen-bond donors (Lipinski definition) is 1. The van der Waals surface area contributed by atoms with Crippen LogP contribution in [0.25, 0.3) is 0 Å². The Hall–Kier alpha value is -1.07. The third-order valence-electron chi connectivity index (χ3n) is 3.32. The number of methoxy groups -OCH3 is 1. The van der Waals surface area contributed by atoms with E-state index in [4.69, 9.17) is 4.74 Å². The number of rotatable bonds is 5. The summed E-state index contributed by atoms with van der Waals surface area (Å²) in [6.45, 7) is 3.90. The van der Waals surface area contributed by atoms with Crippen molar-refractivity contribution in [2.45, 2.75) is 12.8 Å². The Bertz CT molecular complexity index is 445. The van der Waals surface area contributed by atoms with Crippen molar-refractivity contribution >= 4 is 21.8 Å². The number of amides is 1. The van der Waals surface area contributed by atoms with E-state index in [0.717, 1.165) is 24.1 Å². The number of carbonyl (C=O) groups excluding carboxylic acids is 1. The Morgan fingerprint density at radius 1 is 1.42 bits per heavy atom.